The summed E-state index contributed by atoms with van der Waals surface area (Å²) in [6.45, 7) is 6.99. The van der Waals surface area contributed by atoms with Gasteiger partial charge in [-0.15, -0.1) is 21.5 Å². The first-order valence-electron chi connectivity index (χ1n) is 10.9. The SMILES string of the molecule is Cc1nc(Cc2nnc(SCC(=O)c3cc(C)n(C[C@@H]4COc5ccccc5O4)c3C)o2)cs1. The van der Waals surface area contributed by atoms with Crippen LogP contribution in [0.25, 0.3) is 0 Å². The Labute approximate surface area is 205 Å². The smallest absolute Gasteiger partial charge is 0.277 e. The largest absolute Gasteiger partial charge is 0.486 e. The summed E-state index contributed by atoms with van der Waals surface area (Å²) in [6, 6.07) is 9.59. The predicted octanol–water partition coefficient (Wildman–Crippen LogP) is 4.66. The Morgan fingerprint density at radius 2 is 2.03 bits per heavy atom. The van der Waals surface area contributed by atoms with E-state index in [4.69, 9.17) is 13.9 Å². The lowest BCUT2D eigenvalue weighted by Gasteiger charge is -2.27. The Morgan fingerprint density at radius 1 is 1.21 bits per heavy atom. The number of fused-ring (bicyclic) bond motifs is 1. The second kappa shape index (κ2) is 9.63. The summed E-state index contributed by atoms with van der Waals surface area (Å²) < 4.78 is 19.7. The number of Topliss-reactive ketones (excluding diaryl/α,β-unsaturated/α-hetero) is 1. The first kappa shape index (κ1) is 22.7. The van der Waals surface area contributed by atoms with Crippen LogP contribution >= 0.6 is 23.1 Å². The van der Waals surface area contributed by atoms with E-state index in [0.717, 1.165) is 33.6 Å². The molecular weight excluding hydrogens is 472 g/mol. The molecule has 0 unspecified atom stereocenters. The van der Waals surface area contributed by atoms with Crippen LogP contribution in [0.15, 0.2) is 45.4 Å². The van der Waals surface area contributed by atoms with Crippen LogP contribution in [0, 0.1) is 20.8 Å². The number of ketones is 1. The third-order valence-electron chi connectivity index (χ3n) is 5.60. The lowest BCUT2D eigenvalue weighted by atomic mass is 10.2. The average Bonchev–Trinajstić information content (AvgIpc) is 3.53. The molecule has 0 bridgehead atoms. The molecular formula is C24H24N4O4S2. The topological polar surface area (TPSA) is 92.3 Å². The molecule has 0 saturated heterocycles. The van der Waals surface area contributed by atoms with Crippen molar-refractivity contribution in [1.29, 1.82) is 0 Å². The Hall–Kier alpha value is -3.11. The number of thioether (sulfide) groups is 1. The van der Waals surface area contributed by atoms with Crippen molar-refractivity contribution in [3.8, 4) is 11.5 Å². The van der Waals surface area contributed by atoms with Crippen LogP contribution in [-0.4, -0.2) is 44.0 Å². The van der Waals surface area contributed by atoms with Crippen LogP contribution in [0.1, 0.15) is 38.3 Å². The van der Waals surface area contributed by atoms with Gasteiger partial charge in [-0.2, -0.15) is 0 Å². The first-order chi connectivity index (χ1) is 16.5. The number of aromatic nitrogens is 4. The van der Waals surface area contributed by atoms with Crippen LogP contribution in [0.3, 0.4) is 0 Å². The molecule has 1 aromatic carbocycles. The van der Waals surface area contributed by atoms with Gasteiger partial charge in [-0.25, -0.2) is 4.98 Å². The molecule has 0 spiro atoms. The van der Waals surface area contributed by atoms with Gasteiger partial charge in [0.05, 0.1) is 29.4 Å². The van der Waals surface area contributed by atoms with E-state index in [1.165, 1.54) is 11.8 Å². The number of aryl methyl sites for hydroxylation is 2. The van der Waals surface area contributed by atoms with Crippen molar-refractivity contribution in [3.05, 3.63) is 69.3 Å². The summed E-state index contributed by atoms with van der Waals surface area (Å²) in [4.78, 5) is 17.4. The van der Waals surface area contributed by atoms with Gasteiger partial charge in [-0.05, 0) is 39.0 Å². The van der Waals surface area contributed by atoms with Gasteiger partial charge in [0, 0.05) is 22.3 Å². The standard InChI is InChI=1S/C24H24N4O4S2/c1-14-8-19(15(2)28(14)10-18-11-30-21-6-4-5-7-22(21)31-18)20(29)13-34-24-27-26-23(32-24)9-17-12-33-16(3)25-17/h4-8,12,18H,9-11,13H2,1-3H3/t18-/m1/s1. The van der Waals surface area contributed by atoms with Gasteiger partial charge in [-0.3, -0.25) is 4.79 Å². The molecule has 5 rings (SSSR count). The van der Waals surface area contributed by atoms with Crippen molar-refractivity contribution in [2.75, 3.05) is 12.4 Å². The molecule has 4 aromatic rings. The summed E-state index contributed by atoms with van der Waals surface area (Å²) in [5, 5.41) is 11.5. The van der Waals surface area contributed by atoms with Crippen molar-refractivity contribution >= 4 is 28.9 Å². The molecule has 0 fully saturated rings. The van der Waals surface area contributed by atoms with Crippen LogP contribution in [0.4, 0.5) is 0 Å². The maximum atomic E-state index is 13.0. The van der Waals surface area contributed by atoms with Gasteiger partial charge in [-0.1, -0.05) is 23.9 Å². The van der Waals surface area contributed by atoms with Crippen molar-refractivity contribution in [1.82, 2.24) is 19.7 Å². The van der Waals surface area contributed by atoms with E-state index in [0.29, 0.717) is 36.2 Å². The summed E-state index contributed by atoms with van der Waals surface area (Å²) in [6.07, 6.45) is 0.361. The number of carbonyl (C=O) groups is 1. The molecule has 0 N–H and O–H groups in total. The maximum Gasteiger partial charge on any atom is 0.277 e. The Kier molecular flexibility index (Phi) is 6.42. The summed E-state index contributed by atoms with van der Waals surface area (Å²) in [5.74, 6) is 2.24. The first-order valence-corrected chi connectivity index (χ1v) is 12.8. The fraction of sp³-hybridized carbons (Fsp3) is 0.333. The second-order valence-corrected chi connectivity index (χ2v) is 10.1. The summed E-state index contributed by atoms with van der Waals surface area (Å²) in [5.41, 5.74) is 3.52. The van der Waals surface area contributed by atoms with Crippen molar-refractivity contribution in [2.24, 2.45) is 0 Å². The summed E-state index contributed by atoms with van der Waals surface area (Å²) >= 11 is 2.84. The number of nitrogens with zero attached hydrogens (tertiary/aromatic N) is 4. The number of hydrogen-bond donors (Lipinski definition) is 0. The molecule has 0 saturated carbocycles. The van der Waals surface area contributed by atoms with Gasteiger partial charge in [0.25, 0.3) is 5.22 Å². The third kappa shape index (κ3) is 4.88. The maximum absolute atomic E-state index is 13.0. The highest BCUT2D eigenvalue weighted by Gasteiger charge is 2.24. The third-order valence-corrected chi connectivity index (χ3v) is 7.24. The zero-order valence-electron chi connectivity index (χ0n) is 19.1. The molecule has 10 heteroatoms. The number of benzene rings is 1. The minimum absolute atomic E-state index is 0.0189. The molecule has 34 heavy (non-hydrogen) atoms. The Morgan fingerprint density at radius 3 is 2.82 bits per heavy atom. The van der Waals surface area contributed by atoms with Gasteiger partial charge in [0.15, 0.2) is 23.4 Å². The molecule has 3 aromatic heterocycles. The second-order valence-electron chi connectivity index (χ2n) is 8.10. The van der Waals surface area contributed by atoms with Gasteiger partial charge in [0.2, 0.25) is 5.89 Å². The molecule has 0 amide bonds. The minimum Gasteiger partial charge on any atom is -0.486 e. The van der Waals surface area contributed by atoms with Crippen LogP contribution in [0.5, 0.6) is 11.5 Å². The van der Waals surface area contributed by atoms with Crippen LogP contribution < -0.4 is 9.47 Å². The van der Waals surface area contributed by atoms with E-state index in [9.17, 15) is 4.79 Å². The van der Waals surface area contributed by atoms with Crippen molar-refractivity contribution in [2.45, 2.75) is 45.1 Å². The zero-order valence-corrected chi connectivity index (χ0v) is 20.7. The van der Waals surface area contributed by atoms with E-state index in [-0.39, 0.29) is 17.6 Å². The normalized spacial score (nSPS) is 15.0. The molecule has 1 aliphatic rings. The molecule has 8 nitrogen and oxygen atoms in total. The van der Waals surface area contributed by atoms with E-state index in [1.54, 1.807) is 11.3 Å². The number of para-hydroxylation sites is 2. The fourth-order valence-corrected chi connectivity index (χ4v) is 5.21. The highest BCUT2D eigenvalue weighted by Crippen LogP contribution is 2.32. The lowest BCUT2D eigenvalue weighted by molar-refractivity contribution is 0.0777. The van der Waals surface area contributed by atoms with Crippen molar-refractivity contribution < 1.29 is 18.7 Å². The minimum atomic E-state index is -0.129. The van der Waals surface area contributed by atoms with Crippen LogP contribution in [-0.2, 0) is 13.0 Å². The van der Waals surface area contributed by atoms with E-state index in [2.05, 4.69) is 19.7 Å². The molecule has 176 valence electrons. The number of hydrogen-bond acceptors (Lipinski definition) is 9. The highest BCUT2D eigenvalue weighted by atomic mass is 32.2. The highest BCUT2D eigenvalue weighted by molar-refractivity contribution is 7.99. The number of carbonyl (C=O) groups excluding carboxylic acids is 1. The van der Waals surface area contributed by atoms with E-state index < -0.39 is 0 Å². The molecule has 0 aliphatic carbocycles. The molecule has 1 aliphatic heterocycles. The monoisotopic (exact) mass is 496 g/mol. The lowest BCUT2D eigenvalue weighted by Crippen LogP contribution is -2.33. The zero-order chi connectivity index (χ0) is 23.7. The van der Waals surface area contributed by atoms with Gasteiger partial charge < -0.3 is 18.5 Å². The summed E-state index contributed by atoms with van der Waals surface area (Å²) in [7, 11) is 0. The number of ether oxygens (including phenoxy) is 2. The number of rotatable bonds is 8. The van der Waals surface area contributed by atoms with Crippen LogP contribution in [0.2, 0.25) is 0 Å². The molecule has 1 atom stereocenters. The molecule has 0 radical (unpaired) electrons. The quantitative estimate of drug-likeness (QED) is 0.257. The number of thiazole rings is 1. The molecule has 4 heterocycles. The predicted molar refractivity (Wildman–Crippen MR) is 129 cm³/mol. The Balaban J connectivity index is 1.20. The van der Waals surface area contributed by atoms with Gasteiger partial charge >= 0.3 is 0 Å². The van der Waals surface area contributed by atoms with E-state index >= 15 is 0 Å². The van der Waals surface area contributed by atoms with E-state index in [1.807, 2.05) is 56.5 Å². The Bertz CT molecular complexity index is 1330. The average molecular weight is 497 g/mol. The van der Waals surface area contributed by atoms with Gasteiger partial charge in [0.1, 0.15) is 6.61 Å². The van der Waals surface area contributed by atoms with Crippen molar-refractivity contribution in [3.63, 3.8) is 0 Å². The fourth-order valence-electron chi connectivity index (χ4n) is 3.94.